The van der Waals surface area contributed by atoms with Gasteiger partial charge in [-0.3, -0.25) is 5.26 Å². The van der Waals surface area contributed by atoms with E-state index in [0.29, 0.717) is 30.1 Å². The lowest BCUT2D eigenvalue weighted by Crippen LogP contribution is -2.57. The van der Waals surface area contributed by atoms with Crippen molar-refractivity contribution in [1.82, 2.24) is 0 Å². The second kappa shape index (κ2) is 8.81. The Labute approximate surface area is 151 Å². The lowest BCUT2D eigenvalue weighted by Gasteiger charge is -2.40. The highest BCUT2D eigenvalue weighted by atomic mass is 32.2. The minimum Gasteiger partial charge on any atom is -0.394 e. The highest BCUT2D eigenvalue weighted by molar-refractivity contribution is 7.99. The molecular weight excluding hydrogens is 352 g/mol. The molecule has 1 heterocycles. The number of thioether (sulfide) groups is 1. The largest absolute Gasteiger partial charge is 0.394 e. The second-order valence-electron chi connectivity index (χ2n) is 7.20. The Bertz CT molecular complexity index is 425. The van der Waals surface area contributed by atoms with Crippen molar-refractivity contribution >= 4 is 11.8 Å². The Kier molecular flexibility index (Phi) is 6.97. The average Bonchev–Trinajstić information content (AvgIpc) is 3.21. The summed E-state index contributed by atoms with van der Waals surface area (Å²) in [5.74, 6) is 2.11. The van der Waals surface area contributed by atoms with Crippen molar-refractivity contribution in [3.8, 4) is 0 Å². The number of aliphatic hydroxyl groups is 4. The summed E-state index contributed by atoms with van der Waals surface area (Å²) in [6, 6.07) is 0. The second-order valence-corrected chi connectivity index (χ2v) is 8.33. The molecule has 9 heteroatoms. The van der Waals surface area contributed by atoms with E-state index in [1.165, 1.54) is 18.2 Å². The van der Waals surface area contributed by atoms with Crippen molar-refractivity contribution in [2.75, 3.05) is 25.6 Å². The van der Waals surface area contributed by atoms with E-state index >= 15 is 0 Å². The molecule has 0 aromatic carbocycles. The van der Waals surface area contributed by atoms with Gasteiger partial charge in [0.15, 0.2) is 0 Å². The van der Waals surface area contributed by atoms with Gasteiger partial charge in [-0.05, 0) is 37.0 Å². The Morgan fingerprint density at radius 2 is 1.76 bits per heavy atom. The average molecular weight is 380 g/mol. The standard InChI is InChI=1S/C16H28O8S/c17-6-11-12(18)13(19)14(20)16(24-11)25-7-10-8-1-2-9(5-8)15(10)22-3-4-23-21/h8-21H,1-7H2/t8?,9?,10?,11?,12-,13?,14?,15?,16-/m0/s1. The molecule has 1 saturated heterocycles. The van der Waals surface area contributed by atoms with Crippen LogP contribution in [-0.2, 0) is 14.4 Å². The predicted octanol–water partition coefficient (Wildman–Crippen LogP) is -0.560. The van der Waals surface area contributed by atoms with E-state index in [9.17, 15) is 20.4 Å². The zero-order valence-electron chi connectivity index (χ0n) is 14.0. The number of rotatable bonds is 8. The van der Waals surface area contributed by atoms with Crippen molar-refractivity contribution in [3.63, 3.8) is 0 Å². The molecule has 8 nitrogen and oxygen atoms in total. The minimum atomic E-state index is -1.34. The van der Waals surface area contributed by atoms with Gasteiger partial charge in [0.2, 0.25) is 0 Å². The van der Waals surface area contributed by atoms with Gasteiger partial charge >= 0.3 is 0 Å². The molecule has 5 N–H and O–H groups in total. The zero-order valence-corrected chi connectivity index (χ0v) is 14.8. The topological polar surface area (TPSA) is 129 Å². The predicted molar refractivity (Wildman–Crippen MR) is 88.9 cm³/mol. The van der Waals surface area contributed by atoms with Gasteiger partial charge in [-0.15, -0.1) is 11.8 Å². The fraction of sp³-hybridized carbons (Fsp3) is 1.00. The first-order valence-corrected chi connectivity index (χ1v) is 9.91. The molecule has 2 aliphatic carbocycles. The van der Waals surface area contributed by atoms with Gasteiger partial charge in [-0.2, -0.15) is 0 Å². The van der Waals surface area contributed by atoms with Crippen LogP contribution in [0.1, 0.15) is 19.3 Å². The number of aliphatic hydroxyl groups excluding tert-OH is 4. The highest BCUT2D eigenvalue weighted by Gasteiger charge is 2.49. The number of fused-ring (bicyclic) bond motifs is 2. The molecule has 0 radical (unpaired) electrons. The highest BCUT2D eigenvalue weighted by Crippen LogP contribution is 2.51. The lowest BCUT2D eigenvalue weighted by molar-refractivity contribution is -0.252. The van der Waals surface area contributed by atoms with Gasteiger partial charge in [0.1, 0.15) is 36.5 Å². The zero-order chi connectivity index (χ0) is 18.0. The van der Waals surface area contributed by atoms with Gasteiger partial charge in [-0.1, -0.05) is 0 Å². The first-order valence-electron chi connectivity index (χ1n) is 8.87. The quantitative estimate of drug-likeness (QED) is 0.214. The van der Waals surface area contributed by atoms with Gasteiger partial charge in [0, 0.05) is 5.75 Å². The monoisotopic (exact) mass is 380 g/mol. The summed E-state index contributed by atoms with van der Waals surface area (Å²) in [4.78, 5) is 4.07. The van der Waals surface area contributed by atoms with Crippen LogP contribution in [0.15, 0.2) is 0 Å². The molecule has 9 atom stereocenters. The molecule has 3 rings (SSSR count). The molecular formula is C16H28O8S. The van der Waals surface area contributed by atoms with Crippen molar-refractivity contribution < 1.29 is 40.0 Å². The van der Waals surface area contributed by atoms with Gasteiger partial charge < -0.3 is 29.9 Å². The summed E-state index contributed by atoms with van der Waals surface area (Å²) in [5.41, 5.74) is -0.698. The fourth-order valence-corrected chi connectivity index (χ4v) is 5.93. The summed E-state index contributed by atoms with van der Waals surface area (Å²) in [5, 5.41) is 47.6. The maximum Gasteiger partial charge on any atom is 0.132 e. The number of hydrogen-bond acceptors (Lipinski definition) is 9. The van der Waals surface area contributed by atoms with Crippen molar-refractivity contribution in [2.24, 2.45) is 17.8 Å². The molecule has 3 aliphatic rings. The van der Waals surface area contributed by atoms with Crippen LogP contribution in [0.2, 0.25) is 0 Å². The molecule has 0 spiro atoms. The molecule has 0 aromatic rings. The molecule has 7 unspecified atom stereocenters. The first kappa shape index (κ1) is 19.8. The van der Waals surface area contributed by atoms with Crippen LogP contribution in [0, 0.1) is 17.8 Å². The first-order chi connectivity index (χ1) is 12.1. The van der Waals surface area contributed by atoms with E-state index in [2.05, 4.69) is 4.89 Å². The normalized spacial score (nSPS) is 46.7. The van der Waals surface area contributed by atoms with E-state index < -0.39 is 36.5 Å². The third-order valence-corrected chi connectivity index (χ3v) is 7.09. The molecule has 25 heavy (non-hydrogen) atoms. The van der Waals surface area contributed by atoms with Crippen molar-refractivity contribution in [1.29, 1.82) is 0 Å². The molecule has 2 saturated carbocycles. The van der Waals surface area contributed by atoms with Crippen LogP contribution in [0.3, 0.4) is 0 Å². The third-order valence-electron chi connectivity index (χ3n) is 5.79. The third kappa shape index (κ3) is 4.15. The smallest absolute Gasteiger partial charge is 0.132 e. The fourth-order valence-electron chi connectivity index (χ4n) is 4.48. The lowest BCUT2D eigenvalue weighted by atomic mass is 9.87. The molecule has 3 fully saturated rings. The summed E-state index contributed by atoms with van der Waals surface area (Å²) in [6.45, 7) is 0.0646. The molecule has 146 valence electrons. The van der Waals surface area contributed by atoms with Crippen LogP contribution in [0.5, 0.6) is 0 Å². The molecule has 0 amide bonds. The molecule has 1 aliphatic heterocycles. The van der Waals surface area contributed by atoms with E-state index in [1.807, 2.05) is 0 Å². The summed E-state index contributed by atoms with van der Waals surface area (Å²) in [7, 11) is 0. The Hall–Kier alpha value is 0.0300. The van der Waals surface area contributed by atoms with Crippen molar-refractivity contribution in [2.45, 2.75) is 55.2 Å². The van der Waals surface area contributed by atoms with Crippen LogP contribution < -0.4 is 0 Å². The molecule has 0 aromatic heterocycles. The van der Waals surface area contributed by atoms with Gasteiger partial charge in [0.05, 0.1) is 19.3 Å². The van der Waals surface area contributed by atoms with Crippen LogP contribution in [-0.4, -0.2) is 87.2 Å². The Morgan fingerprint density at radius 3 is 2.48 bits per heavy atom. The van der Waals surface area contributed by atoms with Gasteiger partial charge in [-0.25, -0.2) is 4.89 Å². The van der Waals surface area contributed by atoms with Crippen LogP contribution in [0.4, 0.5) is 0 Å². The van der Waals surface area contributed by atoms with Crippen molar-refractivity contribution in [3.05, 3.63) is 0 Å². The summed E-state index contributed by atoms with van der Waals surface area (Å²) >= 11 is 1.40. The maximum absolute atomic E-state index is 10.2. The van der Waals surface area contributed by atoms with E-state index in [1.54, 1.807) is 0 Å². The van der Waals surface area contributed by atoms with Gasteiger partial charge in [0.25, 0.3) is 0 Å². The number of hydrogen-bond donors (Lipinski definition) is 5. The SMILES string of the molecule is OCC1O[C@@H](SCC2C3CCC(C3)C2OCCOO)C(O)C(O)[C@H]1O. The van der Waals surface area contributed by atoms with E-state index in [4.69, 9.17) is 14.7 Å². The molecule has 2 bridgehead atoms. The Morgan fingerprint density at radius 1 is 1.00 bits per heavy atom. The van der Waals surface area contributed by atoms with Crippen LogP contribution >= 0.6 is 11.8 Å². The summed E-state index contributed by atoms with van der Waals surface area (Å²) in [6.07, 6.45) is -1.19. The number of ether oxygens (including phenoxy) is 2. The summed E-state index contributed by atoms with van der Waals surface area (Å²) < 4.78 is 11.5. The van der Waals surface area contributed by atoms with Crippen LogP contribution in [0.25, 0.3) is 0 Å². The van der Waals surface area contributed by atoms with E-state index in [0.717, 1.165) is 12.8 Å². The maximum atomic E-state index is 10.2. The minimum absolute atomic E-state index is 0.103. The van der Waals surface area contributed by atoms with E-state index in [-0.39, 0.29) is 12.7 Å². The Balaban J connectivity index is 1.56.